The van der Waals surface area contributed by atoms with Crippen LogP contribution in [0.2, 0.25) is 5.02 Å². The molecule has 0 radical (unpaired) electrons. The highest BCUT2D eigenvalue weighted by molar-refractivity contribution is 7.18. The number of primary amides is 1. The lowest BCUT2D eigenvalue weighted by Gasteiger charge is -2.24. The van der Waals surface area contributed by atoms with Gasteiger partial charge >= 0.3 is 0 Å². The maximum absolute atomic E-state index is 13.5. The molecular formula is C30H29ClN2O4S. The van der Waals surface area contributed by atoms with E-state index in [9.17, 15) is 9.59 Å². The van der Waals surface area contributed by atoms with Crippen LogP contribution in [0.4, 0.5) is 5.00 Å². The van der Waals surface area contributed by atoms with Crippen LogP contribution >= 0.6 is 22.9 Å². The van der Waals surface area contributed by atoms with Gasteiger partial charge in [0.2, 0.25) is 0 Å². The Bertz CT molecular complexity index is 1510. The molecule has 3 atom stereocenters. The molecule has 8 heteroatoms. The van der Waals surface area contributed by atoms with Gasteiger partial charge in [-0.25, -0.2) is 4.99 Å². The lowest BCUT2D eigenvalue weighted by molar-refractivity contribution is 0.0953. The van der Waals surface area contributed by atoms with Gasteiger partial charge in [-0.15, -0.1) is 11.3 Å². The third-order valence-corrected chi connectivity index (χ3v) is 10.1. The van der Waals surface area contributed by atoms with Crippen molar-refractivity contribution in [1.82, 2.24) is 0 Å². The Labute approximate surface area is 230 Å². The largest absolute Gasteiger partial charge is 0.493 e. The average molecular weight is 549 g/mol. The van der Waals surface area contributed by atoms with Crippen molar-refractivity contribution in [1.29, 1.82) is 0 Å². The number of rotatable bonds is 7. The number of halogens is 1. The molecule has 196 valence electrons. The average Bonchev–Trinajstić information content (AvgIpc) is 3.13. The number of ketones is 1. The van der Waals surface area contributed by atoms with Crippen molar-refractivity contribution in [3.8, 4) is 11.5 Å². The number of amides is 1. The summed E-state index contributed by atoms with van der Waals surface area (Å²) in [7, 11) is 1.65. The molecule has 0 saturated heterocycles. The number of Topliss-reactive ketones (excluding diaryl/α,β-unsaturated/α-hetero) is 1. The van der Waals surface area contributed by atoms with Crippen molar-refractivity contribution >= 4 is 45.3 Å². The molecule has 2 fully saturated rings. The number of nitrogens with two attached hydrogens (primary N) is 1. The summed E-state index contributed by atoms with van der Waals surface area (Å²) in [5, 5.41) is 1.34. The van der Waals surface area contributed by atoms with E-state index in [4.69, 9.17) is 31.8 Å². The summed E-state index contributed by atoms with van der Waals surface area (Å²) in [6, 6.07) is 13.7. The Morgan fingerprint density at radius 3 is 2.63 bits per heavy atom. The van der Waals surface area contributed by atoms with E-state index < -0.39 is 5.91 Å². The van der Waals surface area contributed by atoms with Crippen LogP contribution in [0.25, 0.3) is 0 Å². The molecule has 2 heterocycles. The van der Waals surface area contributed by atoms with Gasteiger partial charge in [0.05, 0.1) is 23.5 Å². The number of aliphatic imine (C=N–C) groups is 1. The predicted octanol–water partition coefficient (Wildman–Crippen LogP) is 6.71. The van der Waals surface area contributed by atoms with Gasteiger partial charge in [0.15, 0.2) is 17.3 Å². The van der Waals surface area contributed by atoms with Crippen molar-refractivity contribution < 1.29 is 19.1 Å². The van der Waals surface area contributed by atoms with E-state index in [1.54, 1.807) is 14.0 Å². The van der Waals surface area contributed by atoms with Gasteiger partial charge in [0, 0.05) is 16.1 Å². The van der Waals surface area contributed by atoms with Crippen LogP contribution in [0.15, 0.2) is 47.5 Å². The fraction of sp³-hybridized carbons (Fsp3) is 0.367. The van der Waals surface area contributed by atoms with Gasteiger partial charge in [-0.2, -0.15) is 0 Å². The van der Waals surface area contributed by atoms with Crippen molar-refractivity contribution in [2.45, 2.75) is 46.1 Å². The molecule has 3 aromatic rings. The van der Waals surface area contributed by atoms with Gasteiger partial charge in [0.25, 0.3) is 5.91 Å². The monoisotopic (exact) mass is 548 g/mol. The van der Waals surface area contributed by atoms with Crippen molar-refractivity contribution in [2.24, 2.45) is 27.5 Å². The first-order chi connectivity index (χ1) is 18.2. The second-order valence-corrected chi connectivity index (χ2v) is 12.4. The molecule has 6 nitrogen and oxygen atoms in total. The SMILES string of the molecule is COc1cc(CC2(C)CC23CCC2C(=O)c4c(sc(C(N)=O)c4C)N=C23)ccc1OCc1ccc(Cl)cc1. The Hall–Kier alpha value is -3.16. The van der Waals surface area contributed by atoms with E-state index in [1.807, 2.05) is 30.3 Å². The van der Waals surface area contributed by atoms with Crippen LogP contribution in [0.1, 0.15) is 62.9 Å². The number of ether oxygens (including phenoxy) is 2. The minimum Gasteiger partial charge on any atom is -0.493 e. The Morgan fingerprint density at radius 2 is 1.92 bits per heavy atom. The number of hydrogen-bond acceptors (Lipinski definition) is 6. The zero-order chi connectivity index (χ0) is 26.8. The second kappa shape index (κ2) is 8.95. The minimum absolute atomic E-state index is 0.00607. The number of carbonyl (C=O) groups is 2. The summed E-state index contributed by atoms with van der Waals surface area (Å²) in [5.74, 6) is 0.788. The molecule has 0 bridgehead atoms. The molecule has 3 aliphatic rings. The van der Waals surface area contributed by atoms with Crippen LogP contribution in [0.5, 0.6) is 11.5 Å². The van der Waals surface area contributed by atoms with Gasteiger partial charge < -0.3 is 15.2 Å². The number of benzene rings is 2. The van der Waals surface area contributed by atoms with Crippen LogP contribution in [0, 0.1) is 23.7 Å². The third kappa shape index (κ3) is 3.86. The van der Waals surface area contributed by atoms with Crippen molar-refractivity contribution in [3.05, 3.63) is 74.6 Å². The first kappa shape index (κ1) is 25.1. The number of hydrogen-bond donors (Lipinski definition) is 1. The fourth-order valence-electron chi connectivity index (χ4n) is 6.59. The van der Waals surface area contributed by atoms with E-state index in [1.165, 1.54) is 11.3 Å². The van der Waals surface area contributed by atoms with E-state index >= 15 is 0 Å². The maximum atomic E-state index is 13.5. The van der Waals surface area contributed by atoms with E-state index in [-0.39, 0.29) is 22.5 Å². The smallest absolute Gasteiger partial charge is 0.259 e. The van der Waals surface area contributed by atoms with Crippen LogP contribution in [-0.4, -0.2) is 24.5 Å². The number of methoxy groups -OCH3 is 1. The first-order valence-corrected chi connectivity index (χ1v) is 14.0. The minimum atomic E-state index is -0.499. The summed E-state index contributed by atoms with van der Waals surface area (Å²) in [4.78, 5) is 30.8. The zero-order valence-corrected chi connectivity index (χ0v) is 23.2. The topological polar surface area (TPSA) is 91.0 Å². The van der Waals surface area contributed by atoms with E-state index in [0.717, 1.165) is 42.5 Å². The van der Waals surface area contributed by atoms with Crippen LogP contribution in [0.3, 0.4) is 0 Å². The number of fused-ring (bicyclic) bond motifs is 3. The van der Waals surface area contributed by atoms with Gasteiger partial charge in [0.1, 0.15) is 11.6 Å². The van der Waals surface area contributed by atoms with E-state index in [2.05, 4.69) is 19.1 Å². The molecule has 1 amide bonds. The molecule has 6 rings (SSSR count). The predicted molar refractivity (Wildman–Crippen MR) is 149 cm³/mol. The molecule has 2 aliphatic carbocycles. The number of nitrogens with zero attached hydrogens (tertiary/aromatic N) is 1. The van der Waals surface area contributed by atoms with Gasteiger partial charge in [-0.05, 0) is 79.0 Å². The maximum Gasteiger partial charge on any atom is 0.259 e. The Balaban J connectivity index is 1.23. The highest BCUT2D eigenvalue weighted by Crippen LogP contribution is 2.73. The summed E-state index contributed by atoms with van der Waals surface area (Å²) in [5.41, 5.74) is 9.92. The highest BCUT2D eigenvalue weighted by atomic mass is 35.5. The lowest BCUT2D eigenvalue weighted by atomic mass is 9.82. The van der Waals surface area contributed by atoms with Crippen LogP contribution < -0.4 is 15.2 Å². The van der Waals surface area contributed by atoms with Crippen molar-refractivity contribution in [2.75, 3.05) is 7.11 Å². The quantitative estimate of drug-likeness (QED) is 0.355. The third-order valence-electron chi connectivity index (χ3n) is 8.67. The first-order valence-electron chi connectivity index (χ1n) is 12.8. The Morgan fingerprint density at radius 1 is 1.18 bits per heavy atom. The zero-order valence-electron chi connectivity index (χ0n) is 21.6. The summed E-state index contributed by atoms with van der Waals surface area (Å²) in [6.07, 6.45) is 3.59. The van der Waals surface area contributed by atoms with Gasteiger partial charge in [-0.3, -0.25) is 9.59 Å². The fourth-order valence-corrected chi connectivity index (χ4v) is 7.77. The second-order valence-electron chi connectivity index (χ2n) is 10.9. The summed E-state index contributed by atoms with van der Waals surface area (Å²) < 4.78 is 11.7. The molecule has 2 N–H and O–H groups in total. The van der Waals surface area contributed by atoms with Crippen LogP contribution in [-0.2, 0) is 13.0 Å². The molecule has 38 heavy (non-hydrogen) atoms. The lowest BCUT2D eigenvalue weighted by Crippen LogP contribution is -2.29. The van der Waals surface area contributed by atoms with Gasteiger partial charge in [-0.1, -0.05) is 36.7 Å². The number of thiophene rings is 1. The number of carbonyl (C=O) groups excluding carboxylic acids is 2. The standard InChI is InChI=1S/C30H29ClN2O4S/c1-16-23-24(34)20-10-11-30(26(20)33-28(23)38-25(16)27(32)35)15-29(30,2)13-18-6-9-21(22(12-18)36-3)37-14-17-4-7-19(31)8-5-17/h4-9,12,20H,10-11,13-15H2,1-3H3,(H2,32,35). The molecule has 1 aromatic heterocycles. The highest BCUT2D eigenvalue weighted by Gasteiger charge is 2.70. The molecule has 3 unspecified atom stereocenters. The molecule has 1 spiro atoms. The molecular weight excluding hydrogens is 520 g/mol. The normalized spacial score (nSPS) is 25.1. The summed E-state index contributed by atoms with van der Waals surface area (Å²) in [6.45, 7) is 4.52. The molecule has 2 aromatic carbocycles. The van der Waals surface area contributed by atoms with E-state index in [0.29, 0.717) is 44.1 Å². The molecule has 2 saturated carbocycles. The molecule has 1 aliphatic heterocycles. The van der Waals surface area contributed by atoms with Crippen molar-refractivity contribution in [3.63, 3.8) is 0 Å². The summed E-state index contributed by atoms with van der Waals surface area (Å²) >= 11 is 7.23. The Kier molecular flexibility index (Phi) is 5.92.